The summed E-state index contributed by atoms with van der Waals surface area (Å²) < 4.78 is 14.8. The fourth-order valence-electron chi connectivity index (χ4n) is 3.66. The van der Waals surface area contributed by atoms with Gasteiger partial charge in [0.2, 0.25) is 0 Å². The van der Waals surface area contributed by atoms with Gasteiger partial charge in [-0.2, -0.15) is 0 Å². The van der Waals surface area contributed by atoms with Crippen LogP contribution in [0.4, 0.5) is 10.1 Å². The van der Waals surface area contributed by atoms with E-state index < -0.39 is 23.5 Å². The SMILES string of the molecule is Cc1ccc(/C(O)=C2/C(=O)C(=O)N(c3ccc(C)cc3)C2c2ccccc2F)cc1. The van der Waals surface area contributed by atoms with Crippen LogP contribution in [-0.2, 0) is 9.59 Å². The van der Waals surface area contributed by atoms with Crippen LogP contribution >= 0.6 is 0 Å². The summed E-state index contributed by atoms with van der Waals surface area (Å²) in [6.45, 7) is 3.81. The van der Waals surface area contributed by atoms with Gasteiger partial charge in [0.1, 0.15) is 11.6 Å². The molecule has 0 aromatic heterocycles. The van der Waals surface area contributed by atoms with Crippen LogP contribution in [0.5, 0.6) is 0 Å². The van der Waals surface area contributed by atoms with Gasteiger partial charge in [-0.1, -0.05) is 65.7 Å². The Kier molecular flexibility index (Phi) is 4.96. The van der Waals surface area contributed by atoms with E-state index in [4.69, 9.17) is 0 Å². The minimum atomic E-state index is -1.07. The second-order valence-corrected chi connectivity index (χ2v) is 7.39. The number of carbonyl (C=O) groups is 2. The van der Waals surface area contributed by atoms with Gasteiger partial charge < -0.3 is 5.11 Å². The number of aliphatic hydroxyl groups is 1. The maximum absolute atomic E-state index is 14.8. The van der Waals surface area contributed by atoms with Crippen molar-refractivity contribution in [2.75, 3.05) is 4.90 Å². The molecule has 4 rings (SSSR count). The number of Topliss-reactive ketones (excluding diaryl/α,β-unsaturated/α-hetero) is 1. The summed E-state index contributed by atoms with van der Waals surface area (Å²) in [5.74, 6) is -2.53. The number of nitrogens with zero attached hydrogens (tertiary/aromatic N) is 1. The number of hydrogen-bond donors (Lipinski definition) is 1. The number of anilines is 1. The van der Waals surface area contributed by atoms with Crippen LogP contribution in [-0.4, -0.2) is 16.8 Å². The topological polar surface area (TPSA) is 57.6 Å². The molecule has 1 unspecified atom stereocenters. The van der Waals surface area contributed by atoms with Crippen LogP contribution in [0, 0.1) is 19.7 Å². The number of aryl methyl sites for hydroxylation is 2. The highest BCUT2D eigenvalue weighted by molar-refractivity contribution is 6.51. The molecule has 0 bridgehead atoms. The summed E-state index contributed by atoms with van der Waals surface area (Å²) in [4.78, 5) is 27.2. The van der Waals surface area contributed by atoms with Crippen LogP contribution < -0.4 is 4.90 Å². The number of halogens is 1. The molecule has 1 aliphatic rings. The number of benzene rings is 3. The van der Waals surface area contributed by atoms with Gasteiger partial charge in [-0.25, -0.2) is 4.39 Å². The summed E-state index contributed by atoms with van der Waals surface area (Å²) in [5.41, 5.74) is 2.83. The van der Waals surface area contributed by atoms with Crippen LogP contribution in [0.1, 0.15) is 28.3 Å². The molecule has 3 aromatic rings. The van der Waals surface area contributed by atoms with Gasteiger partial charge in [0, 0.05) is 16.8 Å². The Morgan fingerprint density at radius 3 is 2.03 bits per heavy atom. The molecule has 4 nitrogen and oxygen atoms in total. The molecule has 0 aliphatic carbocycles. The van der Waals surface area contributed by atoms with E-state index in [2.05, 4.69) is 0 Å². The van der Waals surface area contributed by atoms with E-state index in [0.29, 0.717) is 11.3 Å². The number of rotatable bonds is 3. The molecule has 150 valence electrons. The minimum Gasteiger partial charge on any atom is -0.507 e. The lowest BCUT2D eigenvalue weighted by Gasteiger charge is -2.25. The Morgan fingerprint density at radius 1 is 0.867 bits per heavy atom. The van der Waals surface area contributed by atoms with Gasteiger partial charge in [0.05, 0.1) is 11.6 Å². The zero-order valence-electron chi connectivity index (χ0n) is 16.6. The molecule has 1 N–H and O–H groups in total. The first-order chi connectivity index (χ1) is 14.4. The Labute approximate surface area is 173 Å². The molecular formula is C25H20FNO3. The van der Waals surface area contributed by atoms with Crippen molar-refractivity contribution in [2.24, 2.45) is 0 Å². The lowest BCUT2D eigenvalue weighted by molar-refractivity contribution is -0.132. The quantitative estimate of drug-likeness (QED) is 0.379. The zero-order chi connectivity index (χ0) is 21.4. The normalized spacial score (nSPS) is 18.1. The molecule has 1 aliphatic heterocycles. The van der Waals surface area contributed by atoms with E-state index in [1.54, 1.807) is 42.5 Å². The highest BCUT2D eigenvalue weighted by Gasteiger charge is 2.47. The Balaban J connectivity index is 1.96. The third-order valence-corrected chi connectivity index (χ3v) is 5.28. The largest absolute Gasteiger partial charge is 0.507 e. The summed E-state index contributed by atoms with van der Waals surface area (Å²) in [7, 11) is 0. The monoisotopic (exact) mass is 401 g/mol. The molecule has 1 amide bonds. The minimum absolute atomic E-state index is 0.130. The fraction of sp³-hybridized carbons (Fsp3) is 0.120. The van der Waals surface area contributed by atoms with Crippen LogP contribution in [0.15, 0.2) is 78.4 Å². The van der Waals surface area contributed by atoms with Crippen molar-refractivity contribution in [1.29, 1.82) is 0 Å². The smallest absolute Gasteiger partial charge is 0.300 e. The predicted molar refractivity (Wildman–Crippen MR) is 114 cm³/mol. The summed E-state index contributed by atoms with van der Waals surface area (Å²) in [6.07, 6.45) is 0. The highest BCUT2D eigenvalue weighted by Crippen LogP contribution is 2.42. The van der Waals surface area contributed by atoms with Gasteiger partial charge in [0.25, 0.3) is 11.7 Å². The van der Waals surface area contributed by atoms with E-state index in [9.17, 15) is 19.1 Å². The van der Waals surface area contributed by atoms with Gasteiger partial charge in [0.15, 0.2) is 0 Å². The number of hydrogen-bond acceptors (Lipinski definition) is 3. The molecule has 1 fully saturated rings. The van der Waals surface area contributed by atoms with Crippen molar-refractivity contribution in [2.45, 2.75) is 19.9 Å². The van der Waals surface area contributed by atoms with Gasteiger partial charge in [-0.15, -0.1) is 0 Å². The first-order valence-electron chi connectivity index (χ1n) is 9.57. The molecule has 1 saturated heterocycles. The van der Waals surface area contributed by atoms with Crippen LogP contribution in [0.3, 0.4) is 0 Å². The van der Waals surface area contributed by atoms with Crippen molar-refractivity contribution < 1.29 is 19.1 Å². The summed E-state index contributed by atoms with van der Waals surface area (Å²) >= 11 is 0. The average Bonchev–Trinajstić information content (AvgIpc) is 3.00. The molecule has 5 heteroatoms. The van der Waals surface area contributed by atoms with Crippen molar-refractivity contribution in [3.63, 3.8) is 0 Å². The van der Waals surface area contributed by atoms with Crippen LogP contribution in [0.2, 0.25) is 0 Å². The Bertz CT molecular complexity index is 1160. The fourth-order valence-corrected chi connectivity index (χ4v) is 3.66. The van der Waals surface area contributed by atoms with E-state index in [0.717, 1.165) is 11.1 Å². The zero-order valence-corrected chi connectivity index (χ0v) is 16.6. The van der Waals surface area contributed by atoms with Gasteiger partial charge in [-0.05, 0) is 32.0 Å². The lowest BCUT2D eigenvalue weighted by Crippen LogP contribution is -2.29. The average molecular weight is 401 g/mol. The first kappa shape index (κ1) is 19.6. The predicted octanol–water partition coefficient (Wildman–Crippen LogP) is 5.07. The van der Waals surface area contributed by atoms with Crippen molar-refractivity contribution in [1.82, 2.24) is 0 Å². The van der Waals surface area contributed by atoms with Crippen molar-refractivity contribution >= 4 is 23.1 Å². The number of ketones is 1. The van der Waals surface area contributed by atoms with E-state index in [1.807, 2.05) is 26.0 Å². The lowest BCUT2D eigenvalue weighted by atomic mass is 9.94. The van der Waals surface area contributed by atoms with E-state index in [1.165, 1.54) is 23.1 Å². The maximum Gasteiger partial charge on any atom is 0.300 e. The maximum atomic E-state index is 14.8. The molecule has 0 saturated carbocycles. The van der Waals surface area contributed by atoms with E-state index >= 15 is 0 Å². The molecule has 0 radical (unpaired) electrons. The van der Waals surface area contributed by atoms with Gasteiger partial charge >= 0.3 is 0 Å². The summed E-state index contributed by atoms with van der Waals surface area (Å²) in [6, 6.07) is 18.9. The van der Waals surface area contributed by atoms with Gasteiger partial charge in [-0.3, -0.25) is 14.5 Å². The first-order valence-corrected chi connectivity index (χ1v) is 9.57. The number of aliphatic hydroxyl groups excluding tert-OH is 1. The second-order valence-electron chi connectivity index (χ2n) is 7.39. The Hall–Kier alpha value is -3.73. The molecular weight excluding hydrogens is 381 g/mol. The number of carbonyl (C=O) groups excluding carboxylic acids is 2. The summed E-state index contributed by atoms with van der Waals surface area (Å²) in [5, 5.41) is 11.0. The highest BCUT2D eigenvalue weighted by atomic mass is 19.1. The number of amides is 1. The van der Waals surface area contributed by atoms with E-state index in [-0.39, 0.29) is 16.9 Å². The molecule has 1 heterocycles. The molecule has 0 spiro atoms. The van der Waals surface area contributed by atoms with Crippen molar-refractivity contribution in [3.8, 4) is 0 Å². The Morgan fingerprint density at radius 2 is 1.43 bits per heavy atom. The third kappa shape index (κ3) is 3.28. The molecule has 30 heavy (non-hydrogen) atoms. The standard InChI is InChI=1S/C25H20FNO3/c1-15-7-11-17(12-8-15)23(28)21-22(19-5-3-4-6-20(19)26)27(25(30)24(21)29)18-13-9-16(2)10-14-18/h3-14,22,28H,1-2H3/b23-21-. The van der Waals surface area contributed by atoms with Crippen LogP contribution in [0.25, 0.3) is 5.76 Å². The molecule has 3 aromatic carbocycles. The third-order valence-electron chi connectivity index (χ3n) is 5.28. The molecule has 1 atom stereocenters. The second kappa shape index (κ2) is 7.59. The van der Waals surface area contributed by atoms with Crippen molar-refractivity contribution in [3.05, 3.63) is 106 Å².